The van der Waals surface area contributed by atoms with Crippen LogP contribution in [-0.2, 0) is 5.54 Å². The molecule has 6 rings (SSSR count). The van der Waals surface area contributed by atoms with Crippen LogP contribution in [0, 0.1) is 18.2 Å². The molecule has 0 spiro atoms. The largest absolute Gasteiger partial charge is 0.375 e. The fourth-order valence-corrected chi connectivity index (χ4v) is 5.42. The number of hydrogen-bond acceptors (Lipinski definition) is 7. The van der Waals surface area contributed by atoms with Gasteiger partial charge in [-0.3, -0.25) is 0 Å². The van der Waals surface area contributed by atoms with Gasteiger partial charge in [-0.15, -0.1) is 0 Å². The topological polar surface area (TPSA) is 84.3 Å². The number of fused-ring (bicyclic) bond motifs is 2. The van der Waals surface area contributed by atoms with E-state index in [2.05, 4.69) is 30.0 Å². The first-order valence-electron chi connectivity index (χ1n) is 10.7. The average molecular weight is 464 g/mol. The second kappa shape index (κ2) is 7.30. The van der Waals surface area contributed by atoms with Crippen LogP contribution in [0.5, 0.6) is 0 Å². The molecule has 0 unspecified atom stereocenters. The zero-order chi connectivity index (χ0) is 22.7. The van der Waals surface area contributed by atoms with E-state index in [1.54, 1.807) is 0 Å². The highest BCUT2D eigenvalue weighted by molar-refractivity contribution is 7.22. The van der Waals surface area contributed by atoms with Crippen LogP contribution in [0.15, 0.2) is 24.5 Å². The first kappa shape index (κ1) is 20.2. The van der Waals surface area contributed by atoms with Crippen molar-refractivity contribution in [3.8, 4) is 11.1 Å². The van der Waals surface area contributed by atoms with Crippen LogP contribution in [-0.4, -0.2) is 41.1 Å². The van der Waals surface area contributed by atoms with Gasteiger partial charge >= 0.3 is 0 Å². The molecule has 2 aliphatic rings. The average Bonchev–Trinajstić information content (AvgIpc) is 3.54. The van der Waals surface area contributed by atoms with Crippen molar-refractivity contribution in [1.82, 2.24) is 20.3 Å². The van der Waals surface area contributed by atoms with Crippen molar-refractivity contribution >= 4 is 43.4 Å². The van der Waals surface area contributed by atoms with E-state index in [1.807, 2.05) is 6.07 Å². The first-order valence-corrected chi connectivity index (χ1v) is 11.5. The molecule has 7 nitrogen and oxygen atoms in total. The number of nitrogens with one attached hydrogen (secondary N) is 1. The molecule has 2 fully saturated rings. The van der Waals surface area contributed by atoms with Crippen LogP contribution in [0.1, 0.15) is 18.4 Å². The molecular formula is C23H19F2N7S. The van der Waals surface area contributed by atoms with Crippen molar-refractivity contribution in [2.45, 2.75) is 18.4 Å². The summed E-state index contributed by atoms with van der Waals surface area (Å²) in [5, 5.41) is 4.09. The fourth-order valence-electron chi connectivity index (χ4n) is 4.66. The van der Waals surface area contributed by atoms with Gasteiger partial charge in [0.05, 0.1) is 10.2 Å². The Kier molecular flexibility index (Phi) is 4.47. The number of piperazine rings is 1. The molecule has 1 saturated heterocycles. The van der Waals surface area contributed by atoms with Crippen LogP contribution in [0.2, 0.25) is 0 Å². The maximum atomic E-state index is 16.3. The highest BCUT2D eigenvalue weighted by Gasteiger charge is 2.55. The van der Waals surface area contributed by atoms with Crippen LogP contribution >= 0.6 is 11.3 Å². The van der Waals surface area contributed by atoms with Crippen LogP contribution in [0.3, 0.4) is 0 Å². The van der Waals surface area contributed by atoms with Gasteiger partial charge in [0, 0.05) is 61.1 Å². The summed E-state index contributed by atoms with van der Waals surface area (Å²) in [4.78, 5) is 19.0. The molecule has 1 aliphatic carbocycles. The lowest BCUT2D eigenvalue weighted by Gasteiger charge is -2.29. The molecule has 0 radical (unpaired) electrons. The number of nitrogen functional groups attached to an aromatic ring is 1. The SMILES string of the molecule is [C-]#[N+]C1(c2cc3c(N4CCNCC4)ncnc3c(F)c2-c2ccc(F)c3sc(N)nc23)CC1. The second-order valence-corrected chi connectivity index (χ2v) is 9.44. The van der Waals surface area contributed by atoms with Gasteiger partial charge < -0.3 is 20.8 Å². The lowest BCUT2D eigenvalue weighted by molar-refractivity contribution is 0.585. The molecule has 10 heteroatoms. The molecule has 3 heterocycles. The molecule has 2 aromatic heterocycles. The Morgan fingerprint density at radius 3 is 2.67 bits per heavy atom. The quantitative estimate of drug-likeness (QED) is 0.446. The molecular weight excluding hydrogens is 444 g/mol. The van der Waals surface area contributed by atoms with Gasteiger partial charge in [-0.05, 0) is 18.2 Å². The zero-order valence-corrected chi connectivity index (χ0v) is 18.3. The predicted octanol–water partition coefficient (Wildman–Crippen LogP) is 4.08. The maximum absolute atomic E-state index is 16.3. The molecule has 0 amide bonds. The standard InChI is InChI=1S/C23H19F2N7S/c1-27-23(4-5-23)14-10-13-18(29-11-30-21(13)32-8-6-28-7-9-32)17(25)16(14)12-2-3-15(24)20-19(12)31-22(26)33-20/h2-3,10-11,28H,4-9H2,(H2,26,31). The van der Waals surface area contributed by atoms with Gasteiger partial charge in [0.25, 0.3) is 5.54 Å². The normalized spacial score (nSPS) is 17.4. The van der Waals surface area contributed by atoms with Crippen LogP contribution in [0.4, 0.5) is 19.7 Å². The van der Waals surface area contributed by atoms with Crippen molar-refractivity contribution in [2.24, 2.45) is 0 Å². The van der Waals surface area contributed by atoms with E-state index in [0.29, 0.717) is 40.7 Å². The number of aromatic nitrogens is 3. The van der Waals surface area contributed by atoms with Crippen molar-refractivity contribution in [3.63, 3.8) is 0 Å². The van der Waals surface area contributed by atoms with E-state index < -0.39 is 17.2 Å². The third-order valence-corrected chi connectivity index (χ3v) is 7.38. The number of nitrogens with zero attached hydrogens (tertiary/aromatic N) is 5. The monoisotopic (exact) mass is 463 g/mol. The number of benzene rings is 2. The summed E-state index contributed by atoms with van der Waals surface area (Å²) >= 11 is 1.02. The van der Waals surface area contributed by atoms with Crippen molar-refractivity contribution in [3.05, 3.63) is 53.1 Å². The molecule has 4 aromatic rings. The number of halogens is 2. The van der Waals surface area contributed by atoms with Gasteiger partial charge in [0.15, 0.2) is 10.9 Å². The summed E-state index contributed by atoms with van der Waals surface area (Å²) in [7, 11) is 0. The summed E-state index contributed by atoms with van der Waals surface area (Å²) in [5.74, 6) is -0.341. The number of rotatable bonds is 3. The Balaban J connectivity index is 1.68. The van der Waals surface area contributed by atoms with Crippen molar-refractivity contribution in [1.29, 1.82) is 0 Å². The summed E-state index contributed by atoms with van der Waals surface area (Å²) in [6, 6.07) is 4.68. The van der Waals surface area contributed by atoms with Crippen LogP contribution < -0.4 is 16.0 Å². The Morgan fingerprint density at radius 2 is 1.94 bits per heavy atom. The van der Waals surface area contributed by atoms with E-state index >= 15 is 4.39 Å². The van der Waals surface area contributed by atoms with Gasteiger partial charge in [0.2, 0.25) is 0 Å². The van der Waals surface area contributed by atoms with Gasteiger partial charge in [-0.1, -0.05) is 11.3 Å². The Bertz CT molecular complexity index is 1470. The van der Waals surface area contributed by atoms with Crippen LogP contribution in [0.25, 0.3) is 37.1 Å². The summed E-state index contributed by atoms with van der Waals surface area (Å²) < 4.78 is 31.1. The highest BCUT2D eigenvalue weighted by atomic mass is 32.1. The number of anilines is 2. The molecule has 2 aromatic carbocycles. The maximum Gasteiger partial charge on any atom is 0.258 e. The van der Waals surface area contributed by atoms with Crippen molar-refractivity contribution in [2.75, 3.05) is 36.8 Å². The van der Waals surface area contributed by atoms with E-state index in [0.717, 1.165) is 37.5 Å². The summed E-state index contributed by atoms with van der Waals surface area (Å²) in [6.45, 7) is 11.0. The lowest BCUT2D eigenvalue weighted by Crippen LogP contribution is -2.44. The first-order chi connectivity index (χ1) is 16.0. The van der Waals surface area contributed by atoms with E-state index in [1.165, 1.54) is 18.5 Å². The molecule has 166 valence electrons. The van der Waals surface area contributed by atoms with Crippen molar-refractivity contribution < 1.29 is 8.78 Å². The minimum atomic E-state index is -0.816. The van der Waals surface area contributed by atoms with E-state index in [9.17, 15) is 4.39 Å². The predicted molar refractivity (Wildman–Crippen MR) is 125 cm³/mol. The summed E-state index contributed by atoms with van der Waals surface area (Å²) in [6.07, 6.45) is 2.64. The number of thiazole rings is 1. The van der Waals surface area contributed by atoms with E-state index in [4.69, 9.17) is 12.3 Å². The third-order valence-electron chi connectivity index (χ3n) is 6.49. The fraction of sp³-hybridized carbons (Fsp3) is 0.304. The van der Waals surface area contributed by atoms with E-state index in [-0.39, 0.29) is 20.9 Å². The van der Waals surface area contributed by atoms with Gasteiger partial charge in [-0.25, -0.2) is 30.3 Å². The molecule has 0 atom stereocenters. The number of hydrogen-bond donors (Lipinski definition) is 2. The molecule has 33 heavy (non-hydrogen) atoms. The molecule has 1 saturated carbocycles. The van der Waals surface area contributed by atoms with Gasteiger partial charge in [-0.2, -0.15) is 0 Å². The number of nitrogens with two attached hydrogens (primary N) is 1. The molecule has 0 bridgehead atoms. The minimum Gasteiger partial charge on any atom is -0.375 e. The second-order valence-electron chi connectivity index (χ2n) is 8.41. The highest BCUT2D eigenvalue weighted by Crippen LogP contribution is 2.55. The van der Waals surface area contributed by atoms with Gasteiger partial charge in [0.1, 0.15) is 23.5 Å². The minimum absolute atomic E-state index is 0.179. The Morgan fingerprint density at radius 1 is 1.15 bits per heavy atom. The third kappa shape index (κ3) is 3.03. The molecule has 3 N–H and O–H groups in total. The zero-order valence-electron chi connectivity index (χ0n) is 17.5. The Hall–Kier alpha value is -3.42. The smallest absolute Gasteiger partial charge is 0.258 e. The molecule has 1 aliphatic heterocycles. The lowest BCUT2D eigenvalue weighted by atomic mass is 9.90. The summed E-state index contributed by atoms with van der Waals surface area (Å²) in [5.41, 5.74) is 6.78. The Labute approximate surface area is 192 Å².